The van der Waals surface area contributed by atoms with E-state index in [4.69, 9.17) is 5.73 Å². The van der Waals surface area contributed by atoms with Crippen molar-refractivity contribution in [2.45, 2.75) is 60.9 Å². The molecule has 0 aliphatic rings. The summed E-state index contributed by atoms with van der Waals surface area (Å²) in [6, 6.07) is 8.63. The molecule has 1 aromatic rings. The predicted molar refractivity (Wildman–Crippen MR) is 80.3 cm³/mol. The third-order valence-corrected chi connectivity index (χ3v) is 1.91. The van der Waals surface area contributed by atoms with Crippen LogP contribution >= 0.6 is 0 Å². The van der Waals surface area contributed by atoms with E-state index in [-0.39, 0.29) is 6.04 Å². The molecule has 17 heavy (non-hydrogen) atoms. The molecular weight excluding hydrogens is 206 g/mol. The highest BCUT2D eigenvalue weighted by molar-refractivity contribution is 5.24. The fourth-order valence-electron chi connectivity index (χ4n) is 1.06. The minimum atomic E-state index is 0.154. The zero-order valence-electron chi connectivity index (χ0n) is 12.7. The third-order valence-electron chi connectivity index (χ3n) is 1.91. The molecule has 0 amide bonds. The maximum atomic E-state index is 5.71. The van der Waals surface area contributed by atoms with Crippen molar-refractivity contribution in [2.75, 3.05) is 0 Å². The lowest BCUT2D eigenvalue weighted by molar-refractivity contribution is 0.737. The van der Waals surface area contributed by atoms with Crippen LogP contribution in [0.2, 0.25) is 0 Å². The number of hydrogen-bond acceptors (Lipinski definition) is 1. The van der Waals surface area contributed by atoms with E-state index in [1.54, 1.807) is 0 Å². The van der Waals surface area contributed by atoms with Crippen molar-refractivity contribution in [2.24, 2.45) is 11.7 Å². The quantitative estimate of drug-likeness (QED) is 0.773. The monoisotopic (exact) mass is 237 g/mol. The van der Waals surface area contributed by atoms with Crippen LogP contribution in [-0.4, -0.2) is 0 Å². The minimum absolute atomic E-state index is 0.154. The summed E-state index contributed by atoms with van der Waals surface area (Å²) in [7, 11) is 0. The largest absolute Gasteiger partial charge is 0.324 e. The van der Waals surface area contributed by atoms with Gasteiger partial charge in [-0.05, 0) is 30.4 Å². The van der Waals surface area contributed by atoms with Crippen LogP contribution in [0.1, 0.15) is 65.6 Å². The topological polar surface area (TPSA) is 26.0 Å². The smallest absolute Gasteiger partial charge is 0.0266 e. The molecule has 1 rings (SSSR count). The van der Waals surface area contributed by atoms with Gasteiger partial charge in [-0.3, -0.25) is 0 Å². The molecule has 2 N–H and O–H groups in total. The molecule has 0 aromatic heterocycles. The molecule has 0 bridgehead atoms. The maximum Gasteiger partial charge on any atom is 0.0266 e. The van der Waals surface area contributed by atoms with Crippen molar-refractivity contribution in [1.29, 1.82) is 0 Å². The van der Waals surface area contributed by atoms with Crippen LogP contribution in [0.25, 0.3) is 0 Å². The van der Waals surface area contributed by atoms with Gasteiger partial charge in [0.1, 0.15) is 0 Å². The van der Waals surface area contributed by atoms with Crippen LogP contribution in [0, 0.1) is 5.92 Å². The summed E-state index contributed by atoms with van der Waals surface area (Å²) in [5, 5.41) is 0. The Kier molecular flexibility index (Phi) is 12.7. The number of rotatable bonds is 2. The Labute approximate surface area is 108 Å². The summed E-state index contributed by atoms with van der Waals surface area (Å²) < 4.78 is 0. The second-order valence-electron chi connectivity index (χ2n) is 4.62. The average molecular weight is 237 g/mol. The Morgan fingerprint density at radius 1 is 0.941 bits per heavy atom. The maximum absolute atomic E-state index is 5.71. The molecule has 0 saturated heterocycles. The average Bonchev–Trinajstić information content (AvgIpc) is 2.31. The summed E-state index contributed by atoms with van der Waals surface area (Å²) in [6.45, 7) is 14.7. The fourth-order valence-corrected chi connectivity index (χ4v) is 1.06. The lowest BCUT2D eigenvalue weighted by Gasteiger charge is -2.05. The van der Waals surface area contributed by atoms with Crippen molar-refractivity contribution >= 4 is 0 Å². The van der Waals surface area contributed by atoms with E-state index < -0.39 is 0 Å². The summed E-state index contributed by atoms with van der Waals surface area (Å²) in [5.41, 5.74) is 8.29. The van der Waals surface area contributed by atoms with Gasteiger partial charge in [-0.25, -0.2) is 0 Å². The van der Waals surface area contributed by atoms with E-state index in [0.29, 0.717) is 0 Å². The van der Waals surface area contributed by atoms with Crippen LogP contribution in [0.4, 0.5) is 0 Å². The van der Waals surface area contributed by atoms with Crippen LogP contribution in [-0.2, 0) is 6.42 Å². The normalized spacial score (nSPS) is 10.9. The highest BCUT2D eigenvalue weighted by Gasteiger charge is 1.96. The molecule has 100 valence electrons. The Hall–Kier alpha value is -0.820. The first-order chi connectivity index (χ1) is 7.97. The number of benzene rings is 1. The van der Waals surface area contributed by atoms with Gasteiger partial charge in [0.15, 0.2) is 0 Å². The first kappa shape index (κ1) is 18.5. The van der Waals surface area contributed by atoms with Gasteiger partial charge in [-0.15, -0.1) is 0 Å². The first-order valence-corrected chi connectivity index (χ1v) is 6.81. The molecule has 1 heteroatoms. The molecule has 0 unspecified atom stereocenters. The molecule has 0 fully saturated rings. The third kappa shape index (κ3) is 11.4. The summed E-state index contributed by atoms with van der Waals surface area (Å²) >= 11 is 0. The summed E-state index contributed by atoms with van der Waals surface area (Å²) in [4.78, 5) is 0. The van der Waals surface area contributed by atoms with E-state index in [1.165, 1.54) is 11.1 Å². The van der Waals surface area contributed by atoms with Crippen molar-refractivity contribution in [3.63, 3.8) is 0 Å². The molecule has 0 heterocycles. The van der Waals surface area contributed by atoms with Gasteiger partial charge in [-0.2, -0.15) is 0 Å². The van der Waals surface area contributed by atoms with Crippen LogP contribution in [0.5, 0.6) is 0 Å². The molecule has 1 aromatic carbocycles. The predicted octanol–water partition coefficient (Wildman–Crippen LogP) is 4.96. The molecule has 0 saturated carbocycles. The standard InChI is InChI=1S/C10H15N.C4H10.C2H6/c1-3-9-4-6-10(7-5-9)8(2)11;1-4(2)3;1-2/h4-8H,3,11H2,1-2H3;4H,1-3H3;1-2H3/t8-;;/m0../s1. The van der Waals surface area contributed by atoms with E-state index in [2.05, 4.69) is 52.0 Å². The van der Waals surface area contributed by atoms with E-state index in [0.717, 1.165) is 12.3 Å². The second kappa shape index (κ2) is 11.7. The van der Waals surface area contributed by atoms with Gasteiger partial charge < -0.3 is 5.73 Å². The minimum Gasteiger partial charge on any atom is -0.324 e. The molecule has 1 atom stereocenters. The van der Waals surface area contributed by atoms with Crippen molar-refractivity contribution in [3.05, 3.63) is 35.4 Å². The highest BCUT2D eigenvalue weighted by Crippen LogP contribution is 2.10. The number of nitrogens with two attached hydrogens (primary N) is 1. The molecule has 0 aliphatic carbocycles. The van der Waals surface area contributed by atoms with Gasteiger partial charge in [0, 0.05) is 6.04 Å². The highest BCUT2D eigenvalue weighted by atomic mass is 14.6. The van der Waals surface area contributed by atoms with Crippen LogP contribution in [0.15, 0.2) is 24.3 Å². The van der Waals surface area contributed by atoms with Gasteiger partial charge in [-0.1, -0.05) is 65.8 Å². The van der Waals surface area contributed by atoms with Crippen LogP contribution < -0.4 is 5.73 Å². The van der Waals surface area contributed by atoms with E-state index in [1.807, 2.05) is 20.8 Å². The van der Waals surface area contributed by atoms with Crippen molar-refractivity contribution in [3.8, 4) is 0 Å². The van der Waals surface area contributed by atoms with Crippen molar-refractivity contribution in [1.82, 2.24) is 0 Å². The Balaban J connectivity index is 0. The van der Waals surface area contributed by atoms with E-state index in [9.17, 15) is 0 Å². The van der Waals surface area contributed by atoms with Crippen molar-refractivity contribution < 1.29 is 0 Å². The Morgan fingerprint density at radius 2 is 1.29 bits per heavy atom. The second-order valence-corrected chi connectivity index (χ2v) is 4.62. The Bertz CT molecular complexity index is 244. The first-order valence-electron chi connectivity index (χ1n) is 6.81. The molecule has 1 nitrogen and oxygen atoms in total. The van der Waals surface area contributed by atoms with Gasteiger partial charge >= 0.3 is 0 Å². The molecular formula is C16H31N. The SMILES string of the molecule is CC.CC(C)C.CCc1ccc([C@H](C)N)cc1. The summed E-state index contributed by atoms with van der Waals surface area (Å²) in [6.07, 6.45) is 1.10. The lowest BCUT2D eigenvalue weighted by Crippen LogP contribution is -2.04. The van der Waals surface area contributed by atoms with Gasteiger partial charge in [0.25, 0.3) is 0 Å². The summed E-state index contributed by atoms with van der Waals surface area (Å²) in [5.74, 6) is 0.833. The van der Waals surface area contributed by atoms with Gasteiger partial charge in [0.2, 0.25) is 0 Å². The molecule has 0 aliphatic heterocycles. The molecule has 0 radical (unpaired) electrons. The fraction of sp³-hybridized carbons (Fsp3) is 0.625. The van der Waals surface area contributed by atoms with Crippen LogP contribution in [0.3, 0.4) is 0 Å². The van der Waals surface area contributed by atoms with E-state index >= 15 is 0 Å². The Morgan fingerprint density at radius 3 is 1.53 bits per heavy atom. The zero-order chi connectivity index (χ0) is 13.8. The lowest BCUT2D eigenvalue weighted by atomic mass is 10.1. The van der Waals surface area contributed by atoms with Gasteiger partial charge in [0.05, 0.1) is 0 Å². The number of hydrogen-bond donors (Lipinski definition) is 1. The molecule has 0 spiro atoms. The zero-order valence-corrected chi connectivity index (χ0v) is 12.7. The number of aryl methyl sites for hydroxylation is 1.